The highest BCUT2D eigenvalue weighted by atomic mass is 32.7. The first-order chi connectivity index (χ1) is 10.0. The molecule has 0 spiro atoms. The van der Waals surface area contributed by atoms with E-state index in [1.807, 2.05) is 0 Å². The first-order valence-corrected chi connectivity index (χ1v) is 9.42. The summed E-state index contributed by atoms with van der Waals surface area (Å²) in [6.45, 7) is 8.72. The van der Waals surface area contributed by atoms with Gasteiger partial charge < -0.3 is 23.6 Å². The maximum atomic E-state index is 5.86. The van der Waals surface area contributed by atoms with Crippen LogP contribution in [0.25, 0.3) is 0 Å². The van der Waals surface area contributed by atoms with Crippen LogP contribution in [0.1, 0.15) is 13.8 Å². The summed E-state index contributed by atoms with van der Waals surface area (Å²) in [6, 6.07) is 0. The van der Waals surface area contributed by atoms with Crippen molar-refractivity contribution in [3.05, 3.63) is 12.7 Å². The van der Waals surface area contributed by atoms with E-state index < -0.39 is 0 Å². The summed E-state index contributed by atoms with van der Waals surface area (Å²) in [4.78, 5) is 0. The minimum Gasteiger partial charge on any atom is -0.431 e. The molecule has 0 aliphatic carbocycles. The van der Waals surface area contributed by atoms with E-state index in [2.05, 4.69) is 32.7 Å². The van der Waals surface area contributed by atoms with Gasteiger partial charge in [0.2, 0.25) is 0 Å². The Morgan fingerprint density at radius 2 is 2.24 bits per heavy atom. The number of hydrogen-bond donors (Lipinski definition) is 1. The van der Waals surface area contributed by atoms with Gasteiger partial charge in [0.1, 0.15) is 18.5 Å². The van der Waals surface area contributed by atoms with Gasteiger partial charge in [0.05, 0.1) is 18.8 Å². The monoisotopic (exact) mass is 336 g/mol. The molecule has 0 aromatic carbocycles. The Labute approximate surface area is 135 Å². The fourth-order valence-corrected chi connectivity index (χ4v) is 3.03. The summed E-state index contributed by atoms with van der Waals surface area (Å²) in [6.07, 6.45) is 1.43. The molecule has 1 rings (SSSR count). The van der Waals surface area contributed by atoms with Crippen molar-refractivity contribution < 1.29 is 23.6 Å². The molecule has 0 aromatic heterocycles. The largest absolute Gasteiger partial charge is 0.431 e. The topological polar surface area (TPSA) is 49.5 Å². The zero-order chi connectivity index (χ0) is 15.9. The second-order valence-corrected chi connectivity index (χ2v) is 6.89. The summed E-state index contributed by atoms with van der Waals surface area (Å²) >= 11 is 4.16. The summed E-state index contributed by atoms with van der Waals surface area (Å²) in [5.41, 5.74) is -0.263. The van der Waals surface area contributed by atoms with E-state index in [1.54, 1.807) is 20.3 Å². The lowest BCUT2D eigenvalue weighted by Crippen LogP contribution is -2.40. The van der Waals surface area contributed by atoms with Gasteiger partial charge in [0.25, 0.3) is 0 Å². The van der Waals surface area contributed by atoms with Crippen molar-refractivity contribution >= 4 is 27.1 Å². The highest BCUT2D eigenvalue weighted by molar-refractivity contribution is 8.46. The van der Waals surface area contributed by atoms with Crippen LogP contribution in [0.5, 0.6) is 0 Å². The van der Waals surface area contributed by atoms with E-state index in [0.717, 1.165) is 0 Å². The van der Waals surface area contributed by atoms with Crippen LogP contribution in [0.15, 0.2) is 12.7 Å². The van der Waals surface area contributed by atoms with Gasteiger partial charge in [-0.05, 0) is 6.92 Å². The Bertz CT molecular complexity index is 325. The Morgan fingerprint density at radius 3 is 2.76 bits per heavy atom. The Morgan fingerprint density at radius 1 is 1.52 bits per heavy atom. The number of ether oxygens (including phenoxy) is 4. The van der Waals surface area contributed by atoms with E-state index in [-0.39, 0.29) is 36.6 Å². The maximum Gasteiger partial charge on any atom is 0.310 e. The third kappa shape index (κ3) is 5.50. The van der Waals surface area contributed by atoms with E-state index in [9.17, 15) is 0 Å². The average molecular weight is 336 g/mol. The lowest BCUT2D eigenvalue weighted by atomic mass is 9.90. The SMILES string of the molecule is C=C[C@H](OC)[C@@H](OCOC)[C@H](C)[C@H]1O[C@@]1(C)COBPS. The van der Waals surface area contributed by atoms with Gasteiger partial charge in [0, 0.05) is 20.1 Å². The molecule has 6 atom stereocenters. The predicted molar refractivity (Wildman–Crippen MR) is 90.6 cm³/mol. The lowest BCUT2D eigenvalue weighted by molar-refractivity contribution is -0.130. The van der Waals surface area contributed by atoms with Crippen LogP contribution in [0, 0.1) is 5.92 Å². The normalized spacial score (nSPS) is 29.3. The molecule has 0 saturated carbocycles. The molecule has 21 heavy (non-hydrogen) atoms. The third-order valence-electron chi connectivity index (χ3n) is 3.70. The molecule has 1 aliphatic rings. The molecule has 1 aliphatic heterocycles. The molecule has 8 heteroatoms. The van der Waals surface area contributed by atoms with Crippen LogP contribution in [-0.2, 0) is 23.6 Å². The van der Waals surface area contributed by atoms with Crippen LogP contribution >= 0.6 is 19.9 Å². The minimum absolute atomic E-state index is 0.0696. The molecule has 1 heterocycles. The van der Waals surface area contributed by atoms with Gasteiger partial charge in [-0.1, -0.05) is 20.7 Å². The molecule has 0 amide bonds. The summed E-state index contributed by atoms with van der Waals surface area (Å²) in [7, 11) is 4.39. The summed E-state index contributed by atoms with van der Waals surface area (Å²) in [5.74, 6) is 0.134. The summed E-state index contributed by atoms with van der Waals surface area (Å²) < 4.78 is 27.6. The smallest absolute Gasteiger partial charge is 0.310 e. The third-order valence-corrected chi connectivity index (χ3v) is 4.42. The van der Waals surface area contributed by atoms with Gasteiger partial charge in [-0.15, -0.1) is 6.58 Å². The predicted octanol–water partition coefficient (Wildman–Crippen LogP) is 1.78. The number of methoxy groups -OCH3 is 2. The van der Waals surface area contributed by atoms with Crippen LogP contribution in [0.2, 0.25) is 0 Å². The average Bonchev–Trinajstić information content (AvgIpc) is 3.15. The van der Waals surface area contributed by atoms with Crippen molar-refractivity contribution in [1.82, 2.24) is 0 Å². The van der Waals surface area contributed by atoms with Crippen molar-refractivity contribution in [1.29, 1.82) is 0 Å². The zero-order valence-electron chi connectivity index (χ0n) is 13.2. The van der Waals surface area contributed by atoms with E-state index in [1.165, 1.54) is 0 Å². The number of epoxide rings is 1. The van der Waals surface area contributed by atoms with E-state index in [0.29, 0.717) is 21.5 Å². The van der Waals surface area contributed by atoms with Gasteiger partial charge in [-0.3, -0.25) is 0 Å². The van der Waals surface area contributed by atoms with Crippen molar-refractivity contribution in [3.8, 4) is 0 Å². The molecule has 1 saturated heterocycles. The van der Waals surface area contributed by atoms with Crippen LogP contribution in [0.3, 0.4) is 0 Å². The van der Waals surface area contributed by atoms with Gasteiger partial charge >= 0.3 is 7.20 Å². The first-order valence-electron chi connectivity index (χ1n) is 6.92. The van der Waals surface area contributed by atoms with Crippen molar-refractivity contribution in [2.75, 3.05) is 27.6 Å². The highest BCUT2D eigenvalue weighted by Gasteiger charge is 2.57. The fourth-order valence-electron chi connectivity index (χ4n) is 2.56. The second-order valence-electron chi connectivity index (χ2n) is 5.33. The van der Waals surface area contributed by atoms with Crippen LogP contribution < -0.4 is 0 Å². The molecule has 1 fully saturated rings. The van der Waals surface area contributed by atoms with Crippen LogP contribution in [0.4, 0.5) is 0 Å². The second kappa shape index (κ2) is 9.51. The number of rotatable bonds is 12. The molecule has 0 radical (unpaired) electrons. The van der Waals surface area contributed by atoms with Crippen molar-refractivity contribution in [2.24, 2.45) is 5.92 Å². The van der Waals surface area contributed by atoms with Gasteiger partial charge in [-0.25, -0.2) is 0 Å². The Balaban J connectivity index is 2.60. The molecular formula is C13H26BO5PS. The Kier molecular flexibility index (Phi) is 8.80. The highest BCUT2D eigenvalue weighted by Crippen LogP contribution is 2.43. The van der Waals surface area contributed by atoms with E-state index >= 15 is 0 Å². The molecule has 0 bridgehead atoms. The molecule has 122 valence electrons. The molecule has 0 aromatic rings. The quantitative estimate of drug-likeness (QED) is 0.112. The zero-order valence-corrected chi connectivity index (χ0v) is 15.1. The molecule has 1 unspecified atom stereocenters. The Hall–Kier alpha value is 0.385. The standard InChI is InChI=1S/C13H26BO5PS/c1-6-10(16-5)11(17-8-15-4)9(2)12-13(3,19-12)7-18-14-20-21/h6,9-12,14,20-21H,1,7-8H2,2-5H3/t9-,10-,11-,12+,13-/m0/s1. The fraction of sp³-hybridized carbons (Fsp3) is 0.846. The molecular weight excluding hydrogens is 310 g/mol. The van der Waals surface area contributed by atoms with E-state index in [4.69, 9.17) is 23.6 Å². The molecule has 5 nitrogen and oxygen atoms in total. The first kappa shape index (κ1) is 19.4. The van der Waals surface area contributed by atoms with Crippen molar-refractivity contribution in [2.45, 2.75) is 37.8 Å². The van der Waals surface area contributed by atoms with Crippen LogP contribution in [-0.4, -0.2) is 58.7 Å². The summed E-state index contributed by atoms with van der Waals surface area (Å²) in [5, 5.41) is 0. The maximum absolute atomic E-state index is 5.86. The number of thiol groups is 1. The van der Waals surface area contributed by atoms with Gasteiger partial charge in [-0.2, -0.15) is 12.2 Å². The minimum atomic E-state index is -0.263. The molecule has 0 N–H and O–H groups in total. The number of hydrogen-bond acceptors (Lipinski definition) is 6. The van der Waals surface area contributed by atoms with Gasteiger partial charge in [0.15, 0.2) is 0 Å². The lowest BCUT2D eigenvalue weighted by Gasteiger charge is -2.28. The van der Waals surface area contributed by atoms with Crippen molar-refractivity contribution in [3.63, 3.8) is 0 Å².